The molecule has 0 unspecified atom stereocenters. The molecule has 0 bridgehead atoms. The zero-order chi connectivity index (χ0) is 15.5. The van der Waals surface area contributed by atoms with Gasteiger partial charge in [-0.1, -0.05) is 36.4 Å². The minimum Gasteiger partial charge on any atom is -0.508 e. The van der Waals surface area contributed by atoms with Crippen molar-refractivity contribution in [2.45, 2.75) is 19.8 Å². The van der Waals surface area contributed by atoms with Gasteiger partial charge in [-0.2, -0.15) is 0 Å². The Bertz CT molecular complexity index is 744. The Kier molecular flexibility index (Phi) is 3.96. The molecule has 3 rings (SSSR count). The number of ether oxygens (including phenoxy) is 1. The second-order valence-corrected chi connectivity index (χ2v) is 5.37. The van der Waals surface area contributed by atoms with Crippen LogP contribution in [-0.4, -0.2) is 17.7 Å². The van der Waals surface area contributed by atoms with E-state index in [1.807, 2.05) is 37.3 Å². The van der Waals surface area contributed by atoms with Crippen LogP contribution in [0.5, 0.6) is 5.75 Å². The number of esters is 1. The molecule has 0 saturated heterocycles. The molecule has 0 aromatic heterocycles. The normalized spacial score (nSPS) is 12.7. The summed E-state index contributed by atoms with van der Waals surface area (Å²) >= 11 is 0. The highest BCUT2D eigenvalue weighted by atomic mass is 16.5. The summed E-state index contributed by atoms with van der Waals surface area (Å²) in [7, 11) is 0. The fraction of sp³-hybridized carbons (Fsp3) is 0.211. The van der Waals surface area contributed by atoms with E-state index in [0.29, 0.717) is 6.61 Å². The lowest BCUT2D eigenvalue weighted by Crippen LogP contribution is -2.05. The first-order valence-electron chi connectivity index (χ1n) is 7.43. The quantitative estimate of drug-likeness (QED) is 0.876. The minimum absolute atomic E-state index is 0.217. The van der Waals surface area contributed by atoms with Gasteiger partial charge in [-0.05, 0) is 53.3 Å². The number of phenols is 1. The zero-order valence-electron chi connectivity index (χ0n) is 12.5. The van der Waals surface area contributed by atoms with Gasteiger partial charge in [-0.15, -0.1) is 0 Å². The minimum atomic E-state index is -0.217. The molecule has 1 N–H and O–H groups in total. The van der Waals surface area contributed by atoms with Crippen molar-refractivity contribution < 1.29 is 14.6 Å². The SMILES string of the molecule is CCOC(=O)CC1=Cc2ccc(O)cc2Cc2ccccc21. The molecular formula is C19H18O3. The Morgan fingerprint density at radius 2 is 2.00 bits per heavy atom. The molecular weight excluding hydrogens is 276 g/mol. The summed E-state index contributed by atoms with van der Waals surface area (Å²) in [6.07, 6.45) is 3.02. The van der Waals surface area contributed by atoms with E-state index in [4.69, 9.17) is 4.74 Å². The summed E-state index contributed by atoms with van der Waals surface area (Å²) in [4.78, 5) is 11.9. The van der Waals surface area contributed by atoms with Crippen LogP contribution in [0.4, 0.5) is 0 Å². The lowest BCUT2D eigenvalue weighted by Gasteiger charge is -2.10. The van der Waals surface area contributed by atoms with Gasteiger partial charge in [-0.3, -0.25) is 4.79 Å². The van der Waals surface area contributed by atoms with Crippen molar-refractivity contribution in [1.82, 2.24) is 0 Å². The second-order valence-electron chi connectivity index (χ2n) is 5.37. The Balaban J connectivity index is 2.08. The summed E-state index contributed by atoms with van der Waals surface area (Å²) < 4.78 is 5.09. The number of phenolic OH excluding ortho intramolecular Hbond substituents is 1. The summed E-state index contributed by atoms with van der Waals surface area (Å²) in [6, 6.07) is 13.4. The number of hydrogen-bond acceptors (Lipinski definition) is 3. The molecule has 22 heavy (non-hydrogen) atoms. The van der Waals surface area contributed by atoms with E-state index < -0.39 is 0 Å². The molecule has 2 aromatic rings. The average molecular weight is 294 g/mol. The number of fused-ring (bicyclic) bond motifs is 2. The monoisotopic (exact) mass is 294 g/mol. The number of aromatic hydroxyl groups is 1. The third-order valence-corrected chi connectivity index (χ3v) is 3.84. The van der Waals surface area contributed by atoms with Crippen molar-refractivity contribution in [3.05, 3.63) is 64.7 Å². The fourth-order valence-corrected chi connectivity index (χ4v) is 2.86. The number of hydrogen-bond donors (Lipinski definition) is 1. The van der Waals surface area contributed by atoms with Gasteiger partial charge in [0.2, 0.25) is 0 Å². The Hall–Kier alpha value is -2.55. The van der Waals surface area contributed by atoms with Crippen LogP contribution in [0.3, 0.4) is 0 Å². The van der Waals surface area contributed by atoms with Gasteiger partial charge >= 0.3 is 5.97 Å². The van der Waals surface area contributed by atoms with Gasteiger partial charge in [0.25, 0.3) is 0 Å². The van der Waals surface area contributed by atoms with E-state index in [0.717, 1.165) is 34.2 Å². The maximum absolute atomic E-state index is 11.9. The van der Waals surface area contributed by atoms with E-state index in [1.165, 1.54) is 0 Å². The zero-order valence-corrected chi connectivity index (χ0v) is 12.5. The van der Waals surface area contributed by atoms with E-state index >= 15 is 0 Å². The lowest BCUT2D eigenvalue weighted by molar-refractivity contribution is -0.141. The van der Waals surface area contributed by atoms with Crippen molar-refractivity contribution in [2.24, 2.45) is 0 Å². The Morgan fingerprint density at radius 3 is 2.82 bits per heavy atom. The van der Waals surface area contributed by atoms with Crippen LogP contribution < -0.4 is 0 Å². The molecule has 112 valence electrons. The first-order chi connectivity index (χ1) is 10.7. The third kappa shape index (κ3) is 2.89. The number of rotatable bonds is 3. The van der Waals surface area contributed by atoms with E-state index in [-0.39, 0.29) is 18.1 Å². The Labute approximate surface area is 129 Å². The maximum atomic E-state index is 11.9. The molecule has 0 heterocycles. The largest absolute Gasteiger partial charge is 0.508 e. The molecule has 1 aliphatic rings. The van der Waals surface area contributed by atoms with E-state index in [2.05, 4.69) is 6.07 Å². The molecule has 2 aromatic carbocycles. The summed E-state index contributed by atoms with van der Waals surface area (Å²) in [5.74, 6) is 0.0456. The first-order valence-corrected chi connectivity index (χ1v) is 7.43. The molecule has 0 atom stereocenters. The number of carbonyl (C=O) groups is 1. The van der Waals surface area contributed by atoms with Crippen LogP contribution in [0, 0.1) is 0 Å². The highest BCUT2D eigenvalue weighted by molar-refractivity contribution is 5.94. The average Bonchev–Trinajstić information content (AvgIpc) is 2.64. The number of benzene rings is 2. The van der Waals surface area contributed by atoms with Crippen LogP contribution in [0.15, 0.2) is 42.5 Å². The van der Waals surface area contributed by atoms with Crippen LogP contribution in [0.25, 0.3) is 11.6 Å². The Morgan fingerprint density at radius 1 is 1.18 bits per heavy atom. The molecule has 1 aliphatic carbocycles. The molecule has 3 nitrogen and oxygen atoms in total. The molecule has 0 amide bonds. The predicted octanol–water partition coefficient (Wildman–Crippen LogP) is 3.79. The van der Waals surface area contributed by atoms with Crippen molar-refractivity contribution in [2.75, 3.05) is 6.61 Å². The van der Waals surface area contributed by atoms with Crippen LogP contribution >= 0.6 is 0 Å². The summed E-state index contributed by atoms with van der Waals surface area (Å²) in [5.41, 5.74) is 5.28. The predicted molar refractivity (Wildman–Crippen MR) is 86.5 cm³/mol. The highest BCUT2D eigenvalue weighted by Gasteiger charge is 2.17. The summed E-state index contributed by atoms with van der Waals surface area (Å²) in [5, 5.41) is 9.71. The van der Waals surface area contributed by atoms with E-state index in [1.54, 1.807) is 12.1 Å². The van der Waals surface area contributed by atoms with Gasteiger partial charge < -0.3 is 9.84 Å². The van der Waals surface area contributed by atoms with Gasteiger partial charge in [0.15, 0.2) is 0 Å². The topological polar surface area (TPSA) is 46.5 Å². The van der Waals surface area contributed by atoms with E-state index in [9.17, 15) is 9.90 Å². The van der Waals surface area contributed by atoms with Gasteiger partial charge in [0.1, 0.15) is 5.75 Å². The van der Waals surface area contributed by atoms with Crippen molar-refractivity contribution in [3.63, 3.8) is 0 Å². The molecule has 0 saturated carbocycles. The van der Waals surface area contributed by atoms with Crippen LogP contribution in [-0.2, 0) is 16.0 Å². The second kappa shape index (κ2) is 6.06. The fourth-order valence-electron chi connectivity index (χ4n) is 2.86. The molecule has 0 radical (unpaired) electrons. The molecule has 0 spiro atoms. The number of carbonyl (C=O) groups excluding carboxylic acids is 1. The van der Waals surface area contributed by atoms with Crippen LogP contribution in [0.2, 0.25) is 0 Å². The van der Waals surface area contributed by atoms with Crippen molar-refractivity contribution in [3.8, 4) is 5.75 Å². The maximum Gasteiger partial charge on any atom is 0.310 e. The smallest absolute Gasteiger partial charge is 0.310 e. The molecule has 3 heteroatoms. The van der Waals surface area contributed by atoms with Gasteiger partial charge in [-0.25, -0.2) is 0 Å². The third-order valence-electron chi connectivity index (χ3n) is 3.84. The van der Waals surface area contributed by atoms with Gasteiger partial charge in [0.05, 0.1) is 13.0 Å². The standard InChI is InChI=1S/C19H18O3/c1-2-22-19(21)12-16-9-13-7-8-17(20)11-15(13)10-14-5-3-4-6-18(14)16/h3-9,11,20H,2,10,12H2,1H3. The lowest BCUT2D eigenvalue weighted by atomic mass is 9.96. The first kappa shape index (κ1) is 14.4. The van der Waals surface area contributed by atoms with Crippen LogP contribution in [0.1, 0.15) is 35.6 Å². The molecule has 0 fully saturated rings. The highest BCUT2D eigenvalue weighted by Crippen LogP contribution is 2.33. The summed E-state index contributed by atoms with van der Waals surface area (Å²) in [6.45, 7) is 2.20. The van der Waals surface area contributed by atoms with Crippen molar-refractivity contribution >= 4 is 17.6 Å². The molecule has 0 aliphatic heterocycles. The van der Waals surface area contributed by atoms with Gasteiger partial charge in [0, 0.05) is 0 Å². The van der Waals surface area contributed by atoms with Crippen molar-refractivity contribution in [1.29, 1.82) is 0 Å².